The van der Waals surface area contributed by atoms with Gasteiger partial charge in [0.25, 0.3) is 0 Å². The maximum Gasteiger partial charge on any atom is 0.309 e. The van der Waals surface area contributed by atoms with Gasteiger partial charge in [0.15, 0.2) is 0 Å². The largest absolute Gasteiger partial charge is 0.481 e. The number of carboxylic acid groups (broad SMARTS) is 1. The normalized spacial score (nSPS) is 11.0. The molecule has 0 amide bonds. The molecular weight excluding hydrogens is 222 g/mol. The molecule has 1 N–H and O–H groups in total. The predicted octanol–water partition coefficient (Wildman–Crippen LogP) is 0.968. The van der Waals surface area contributed by atoms with Gasteiger partial charge in [0.1, 0.15) is 0 Å². The molecule has 0 saturated heterocycles. The third-order valence-electron chi connectivity index (χ3n) is 2.22. The Bertz CT molecular complexity index is 349. The average Bonchev–Trinajstić information content (AvgIpc) is 2.63. The molecule has 0 aliphatic heterocycles. The zero-order valence-electron chi connectivity index (χ0n) is 10.3. The van der Waals surface area contributed by atoms with E-state index in [-0.39, 0.29) is 6.42 Å². The van der Waals surface area contributed by atoms with E-state index in [1.807, 2.05) is 0 Å². The number of aromatic nitrogens is 3. The minimum Gasteiger partial charge on any atom is -0.481 e. The number of nitrogens with zero attached hydrogens (tertiary/aromatic N) is 3. The number of carboxylic acids is 1. The quantitative estimate of drug-likeness (QED) is 0.686. The highest BCUT2D eigenvalue weighted by atomic mass is 16.5. The number of rotatable bonds is 8. The number of ether oxygens (including phenoxy) is 1. The summed E-state index contributed by atoms with van der Waals surface area (Å²) in [4.78, 5) is 10.4. The van der Waals surface area contributed by atoms with Crippen LogP contribution in [0.1, 0.15) is 26.0 Å². The molecule has 1 aromatic rings. The topological polar surface area (TPSA) is 77.2 Å². The first-order valence-electron chi connectivity index (χ1n) is 5.76. The van der Waals surface area contributed by atoms with Crippen molar-refractivity contribution in [3.05, 3.63) is 11.9 Å². The van der Waals surface area contributed by atoms with Crippen LogP contribution < -0.4 is 0 Å². The van der Waals surface area contributed by atoms with Crippen LogP contribution in [0.2, 0.25) is 0 Å². The molecule has 0 spiro atoms. The van der Waals surface area contributed by atoms with Crippen LogP contribution in [0.15, 0.2) is 6.20 Å². The molecule has 0 atom stereocenters. The molecule has 17 heavy (non-hydrogen) atoms. The van der Waals surface area contributed by atoms with Crippen molar-refractivity contribution in [1.82, 2.24) is 15.0 Å². The van der Waals surface area contributed by atoms with Crippen LogP contribution in [0.25, 0.3) is 0 Å². The van der Waals surface area contributed by atoms with E-state index in [1.54, 1.807) is 10.9 Å². The summed E-state index contributed by atoms with van der Waals surface area (Å²) < 4.78 is 7.04. The summed E-state index contributed by atoms with van der Waals surface area (Å²) >= 11 is 0. The van der Waals surface area contributed by atoms with Crippen molar-refractivity contribution >= 4 is 5.97 Å². The van der Waals surface area contributed by atoms with Crippen LogP contribution in [-0.4, -0.2) is 39.3 Å². The van der Waals surface area contributed by atoms with Gasteiger partial charge in [0.2, 0.25) is 0 Å². The van der Waals surface area contributed by atoms with Crippen molar-refractivity contribution < 1.29 is 14.6 Å². The van der Waals surface area contributed by atoms with E-state index in [1.165, 1.54) is 0 Å². The molecule has 6 nitrogen and oxygen atoms in total. The van der Waals surface area contributed by atoms with Gasteiger partial charge in [-0.2, -0.15) is 0 Å². The summed E-state index contributed by atoms with van der Waals surface area (Å²) in [6, 6.07) is 0. The SMILES string of the molecule is CC(C)CCOCCn1cc(CC(=O)O)nn1. The number of hydrogen-bond donors (Lipinski definition) is 1. The molecule has 0 fully saturated rings. The fraction of sp³-hybridized carbons (Fsp3) is 0.727. The highest BCUT2D eigenvalue weighted by Crippen LogP contribution is 1.99. The minimum atomic E-state index is -0.898. The monoisotopic (exact) mass is 241 g/mol. The summed E-state index contributed by atoms with van der Waals surface area (Å²) in [5.41, 5.74) is 0.472. The van der Waals surface area contributed by atoms with E-state index < -0.39 is 5.97 Å². The average molecular weight is 241 g/mol. The Morgan fingerprint density at radius 3 is 2.94 bits per heavy atom. The van der Waals surface area contributed by atoms with Gasteiger partial charge in [-0.3, -0.25) is 4.79 Å². The molecule has 96 valence electrons. The Kier molecular flexibility index (Phi) is 5.62. The lowest BCUT2D eigenvalue weighted by Crippen LogP contribution is -2.08. The van der Waals surface area contributed by atoms with Gasteiger partial charge in [-0.25, -0.2) is 4.68 Å². The van der Waals surface area contributed by atoms with Crippen LogP contribution in [-0.2, 0) is 22.5 Å². The molecule has 1 heterocycles. The first-order chi connectivity index (χ1) is 8.08. The first kappa shape index (κ1) is 13.6. The Morgan fingerprint density at radius 2 is 2.29 bits per heavy atom. The Hall–Kier alpha value is -1.43. The minimum absolute atomic E-state index is 0.0891. The molecule has 0 aliphatic rings. The van der Waals surface area contributed by atoms with Crippen molar-refractivity contribution in [2.24, 2.45) is 5.92 Å². The van der Waals surface area contributed by atoms with Gasteiger partial charge in [0.05, 0.1) is 25.3 Å². The molecule has 0 radical (unpaired) electrons. The molecule has 0 bridgehead atoms. The maximum absolute atomic E-state index is 10.4. The van der Waals surface area contributed by atoms with Gasteiger partial charge in [-0.05, 0) is 12.3 Å². The van der Waals surface area contributed by atoms with E-state index in [0.717, 1.165) is 13.0 Å². The number of carbonyl (C=O) groups is 1. The van der Waals surface area contributed by atoms with Gasteiger partial charge in [-0.15, -0.1) is 5.10 Å². The van der Waals surface area contributed by atoms with Gasteiger partial charge < -0.3 is 9.84 Å². The van der Waals surface area contributed by atoms with Crippen LogP contribution in [0.5, 0.6) is 0 Å². The fourth-order valence-corrected chi connectivity index (χ4v) is 1.26. The number of hydrogen-bond acceptors (Lipinski definition) is 4. The highest BCUT2D eigenvalue weighted by Gasteiger charge is 2.05. The van der Waals surface area contributed by atoms with Crippen molar-refractivity contribution in [2.75, 3.05) is 13.2 Å². The zero-order chi connectivity index (χ0) is 12.7. The number of aliphatic carboxylic acids is 1. The fourth-order valence-electron chi connectivity index (χ4n) is 1.26. The molecule has 0 saturated carbocycles. The van der Waals surface area contributed by atoms with E-state index in [2.05, 4.69) is 24.2 Å². The predicted molar refractivity (Wildman–Crippen MR) is 61.6 cm³/mol. The second-order valence-corrected chi connectivity index (χ2v) is 4.34. The van der Waals surface area contributed by atoms with E-state index in [4.69, 9.17) is 9.84 Å². The van der Waals surface area contributed by atoms with Crippen LogP contribution >= 0.6 is 0 Å². The zero-order valence-corrected chi connectivity index (χ0v) is 10.3. The summed E-state index contributed by atoms with van der Waals surface area (Å²) in [7, 11) is 0. The summed E-state index contributed by atoms with van der Waals surface area (Å²) in [5, 5.41) is 16.2. The third-order valence-corrected chi connectivity index (χ3v) is 2.22. The van der Waals surface area contributed by atoms with Gasteiger partial charge in [-0.1, -0.05) is 19.1 Å². The summed E-state index contributed by atoms with van der Waals surface area (Å²) in [6.07, 6.45) is 2.59. The molecule has 0 unspecified atom stereocenters. The molecular formula is C11H19N3O3. The lowest BCUT2D eigenvalue weighted by Gasteiger charge is -2.05. The van der Waals surface area contributed by atoms with Crippen LogP contribution in [0.4, 0.5) is 0 Å². The first-order valence-corrected chi connectivity index (χ1v) is 5.76. The van der Waals surface area contributed by atoms with E-state index in [9.17, 15) is 4.79 Å². The Morgan fingerprint density at radius 1 is 1.53 bits per heavy atom. The lowest BCUT2D eigenvalue weighted by molar-refractivity contribution is -0.136. The van der Waals surface area contributed by atoms with Crippen molar-refractivity contribution in [2.45, 2.75) is 33.2 Å². The smallest absolute Gasteiger partial charge is 0.309 e. The van der Waals surface area contributed by atoms with Crippen molar-refractivity contribution in [3.63, 3.8) is 0 Å². The Balaban J connectivity index is 2.18. The van der Waals surface area contributed by atoms with Crippen LogP contribution in [0, 0.1) is 5.92 Å². The second-order valence-electron chi connectivity index (χ2n) is 4.34. The molecule has 0 aliphatic carbocycles. The summed E-state index contributed by atoms with van der Waals surface area (Å²) in [5.74, 6) is -0.256. The second kappa shape index (κ2) is 7.01. The van der Waals surface area contributed by atoms with E-state index >= 15 is 0 Å². The molecule has 1 aromatic heterocycles. The standard InChI is InChI=1S/C11H19N3O3/c1-9(2)3-5-17-6-4-14-8-10(12-13-14)7-11(15)16/h8-9H,3-7H2,1-2H3,(H,15,16). The third kappa shape index (κ3) is 6.01. The lowest BCUT2D eigenvalue weighted by atomic mass is 10.1. The molecule has 1 rings (SSSR count). The van der Waals surface area contributed by atoms with E-state index in [0.29, 0.717) is 24.8 Å². The molecule has 0 aromatic carbocycles. The van der Waals surface area contributed by atoms with Crippen molar-refractivity contribution in [1.29, 1.82) is 0 Å². The Labute approximate surface area is 101 Å². The highest BCUT2D eigenvalue weighted by molar-refractivity contribution is 5.69. The molecule has 6 heteroatoms. The maximum atomic E-state index is 10.4. The van der Waals surface area contributed by atoms with Crippen LogP contribution in [0.3, 0.4) is 0 Å². The van der Waals surface area contributed by atoms with Gasteiger partial charge in [0, 0.05) is 12.8 Å². The van der Waals surface area contributed by atoms with Gasteiger partial charge >= 0.3 is 5.97 Å². The van der Waals surface area contributed by atoms with Crippen molar-refractivity contribution in [3.8, 4) is 0 Å². The summed E-state index contributed by atoms with van der Waals surface area (Å²) in [6.45, 7) is 6.22.